The SMILES string of the molecule is Cc1ccccc1CN(CCN1CCOCC1)Cc1nc(C(=O)NCC2CCCO2)co1. The molecular formula is C24H34N4O4. The summed E-state index contributed by atoms with van der Waals surface area (Å²) in [4.78, 5) is 21.7. The van der Waals surface area contributed by atoms with E-state index in [0.717, 1.165) is 65.4 Å². The number of rotatable bonds is 10. The molecule has 0 saturated carbocycles. The minimum absolute atomic E-state index is 0.107. The highest BCUT2D eigenvalue weighted by Crippen LogP contribution is 2.15. The number of morpholine rings is 1. The lowest BCUT2D eigenvalue weighted by molar-refractivity contribution is 0.0320. The molecule has 2 aliphatic heterocycles. The maximum atomic E-state index is 12.4. The summed E-state index contributed by atoms with van der Waals surface area (Å²) in [5, 5.41) is 2.90. The van der Waals surface area contributed by atoms with Gasteiger partial charge in [0.05, 0.1) is 25.9 Å². The molecule has 1 unspecified atom stereocenters. The topological polar surface area (TPSA) is 80.1 Å². The maximum Gasteiger partial charge on any atom is 0.273 e. The van der Waals surface area contributed by atoms with Crippen molar-refractivity contribution >= 4 is 5.91 Å². The van der Waals surface area contributed by atoms with Crippen LogP contribution in [0.25, 0.3) is 0 Å². The molecule has 1 atom stereocenters. The lowest BCUT2D eigenvalue weighted by atomic mass is 10.1. The molecule has 2 saturated heterocycles. The number of carbonyl (C=O) groups is 1. The van der Waals surface area contributed by atoms with Gasteiger partial charge in [-0.25, -0.2) is 4.98 Å². The number of benzene rings is 1. The second kappa shape index (κ2) is 11.6. The van der Waals surface area contributed by atoms with E-state index in [1.165, 1.54) is 17.4 Å². The Morgan fingerprint density at radius 3 is 2.84 bits per heavy atom. The quantitative estimate of drug-likeness (QED) is 0.604. The first-order valence-corrected chi connectivity index (χ1v) is 11.6. The summed E-state index contributed by atoms with van der Waals surface area (Å²) in [6, 6.07) is 8.43. The molecule has 0 bridgehead atoms. The van der Waals surface area contributed by atoms with Gasteiger partial charge in [0, 0.05) is 45.9 Å². The van der Waals surface area contributed by atoms with Gasteiger partial charge in [0.1, 0.15) is 6.26 Å². The molecule has 2 aliphatic rings. The number of amides is 1. The molecule has 8 nitrogen and oxygen atoms in total. The number of nitrogens with one attached hydrogen (secondary N) is 1. The summed E-state index contributed by atoms with van der Waals surface area (Å²) in [7, 11) is 0. The monoisotopic (exact) mass is 442 g/mol. The molecule has 32 heavy (non-hydrogen) atoms. The zero-order valence-corrected chi connectivity index (χ0v) is 18.9. The van der Waals surface area contributed by atoms with Crippen LogP contribution < -0.4 is 5.32 Å². The molecule has 2 aromatic rings. The van der Waals surface area contributed by atoms with Gasteiger partial charge >= 0.3 is 0 Å². The summed E-state index contributed by atoms with van der Waals surface area (Å²) < 4.78 is 16.7. The third-order valence-electron chi connectivity index (χ3n) is 6.15. The molecular weight excluding hydrogens is 408 g/mol. The van der Waals surface area contributed by atoms with Crippen LogP contribution in [0.3, 0.4) is 0 Å². The van der Waals surface area contributed by atoms with Crippen molar-refractivity contribution in [2.45, 2.75) is 39.0 Å². The van der Waals surface area contributed by atoms with Crippen molar-refractivity contribution < 1.29 is 18.7 Å². The van der Waals surface area contributed by atoms with E-state index in [2.05, 4.69) is 51.3 Å². The first-order chi connectivity index (χ1) is 15.7. The third kappa shape index (κ3) is 6.62. The van der Waals surface area contributed by atoms with Gasteiger partial charge in [-0.3, -0.25) is 14.6 Å². The zero-order chi connectivity index (χ0) is 22.2. The molecule has 8 heteroatoms. The van der Waals surface area contributed by atoms with Crippen molar-refractivity contribution in [2.24, 2.45) is 0 Å². The molecule has 3 heterocycles. The number of oxazole rings is 1. The molecule has 1 N–H and O–H groups in total. The van der Waals surface area contributed by atoms with Crippen LogP contribution in [0.5, 0.6) is 0 Å². The minimum Gasteiger partial charge on any atom is -0.447 e. The number of hydrogen-bond acceptors (Lipinski definition) is 7. The molecule has 174 valence electrons. The molecule has 0 aliphatic carbocycles. The van der Waals surface area contributed by atoms with Crippen molar-refractivity contribution in [3.63, 3.8) is 0 Å². The summed E-state index contributed by atoms with van der Waals surface area (Å²) >= 11 is 0. The molecule has 0 spiro atoms. The lowest BCUT2D eigenvalue weighted by Gasteiger charge is -2.29. The number of hydrogen-bond donors (Lipinski definition) is 1. The van der Waals surface area contributed by atoms with Crippen LogP contribution in [-0.4, -0.2) is 79.3 Å². The predicted molar refractivity (Wildman–Crippen MR) is 120 cm³/mol. The van der Waals surface area contributed by atoms with Gasteiger partial charge < -0.3 is 19.2 Å². The normalized spacial score (nSPS) is 19.5. The molecule has 1 aromatic carbocycles. The Balaban J connectivity index is 1.36. The van der Waals surface area contributed by atoms with Gasteiger partial charge in [-0.2, -0.15) is 0 Å². The van der Waals surface area contributed by atoms with Crippen LogP contribution in [0.1, 0.15) is 40.3 Å². The van der Waals surface area contributed by atoms with E-state index >= 15 is 0 Å². The van der Waals surface area contributed by atoms with Gasteiger partial charge in [0.25, 0.3) is 5.91 Å². The smallest absolute Gasteiger partial charge is 0.273 e. The van der Waals surface area contributed by atoms with Gasteiger partial charge in [-0.05, 0) is 30.9 Å². The number of aryl methyl sites for hydroxylation is 1. The summed E-state index contributed by atoms with van der Waals surface area (Å²) in [5.41, 5.74) is 2.88. The van der Waals surface area contributed by atoms with Crippen LogP contribution in [0.15, 0.2) is 34.9 Å². The maximum absolute atomic E-state index is 12.4. The number of aromatic nitrogens is 1. The fourth-order valence-corrected chi connectivity index (χ4v) is 4.13. The van der Waals surface area contributed by atoms with E-state index in [9.17, 15) is 4.79 Å². The molecule has 0 radical (unpaired) electrons. The van der Waals surface area contributed by atoms with Crippen LogP contribution in [-0.2, 0) is 22.6 Å². The highest BCUT2D eigenvalue weighted by atomic mass is 16.5. The Bertz CT molecular complexity index is 859. The largest absolute Gasteiger partial charge is 0.447 e. The van der Waals surface area contributed by atoms with Crippen LogP contribution in [0.2, 0.25) is 0 Å². The second-order valence-electron chi connectivity index (χ2n) is 8.56. The van der Waals surface area contributed by atoms with Gasteiger partial charge in [-0.1, -0.05) is 24.3 Å². The summed E-state index contributed by atoms with van der Waals surface area (Å²) in [6.45, 7) is 10.1. The predicted octanol–water partition coefficient (Wildman–Crippen LogP) is 2.23. The molecule has 2 fully saturated rings. The highest BCUT2D eigenvalue weighted by Gasteiger charge is 2.20. The molecule has 4 rings (SSSR count). The fraction of sp³-hybridized carbons (Fsp3) is 0.583. The molecule has 1 aromatic heterocycles. The number of ether oxygens (including phenoxy) is 2. The van der Waals surface area contributed by atoms with E-state index in [0.29, 0.717) is 24.7 Å². The Morgan fingerprint density at radius 1 is 1.22 bits per heavy atom. The zero-order valence-electron chi connectivity index (χ0n) is 18.9. The Kier molecular flexibility index (Phi) is 8.28. The first-order valence-electron chi connectivity index (χ1n) is 11.6. The van der Waals surface area contributed by atoms with Crippen LogP contribution in [0, 0.1) is 6.92 Å². The Morgan fingerprint density at radius 2 is 2.06 bits per heavy atom. The average Bonchev–Trinajstić information content (AvgIpc) is 3.50. The average molecular weight is 443 g/mol. The van der Waals surface area contributed by atoms with Crippen molar-refractivity contribution in [2.75, 3.05) is 52.5 Å². The van der Waals surface area contributed by atoms with Crippen LogP contribution in [0.4, 0.5) is 0 Å². The van der Waals surface area contributed by atoms with Gasteiger partial charge in [0.2, 0.25) is 5.89 Å². The first kappa shape index (κ1) is 22.9. The Labute approximate surface area is 189 Å². The van der Waals surface area contributed by atoms with Crippen molar-refractivity contribution in [3.8, 4) is 0 Å². The number of nitrogens with zero attached hydrogens (tertiary/aromatic N) is 3. The summed E-state index contributed by atoms with van der Waals surface area (Å²) in [6.07, 6.45) is 3.60. The van der Waals surface area contributed by atoms with E-state index in [4.69, 9.17) is 13.9 Å². The minimum atomic E-state index is -0.214. The van der Waals surface area contributed by atoms with E-state index in [1.54, 1.807) is 0 Å². The highest BCUT2D eigenvalue weighted by molar-refractivity contribution is 5.91. The fourth-order valence-electron chi connectivity index (χ4n) is 4.13. The molecule has 1 amide bonds. The van der Waals surface area contributed by atoms with Crippen molar-refractivity contribution in [3.05, 3.63) is 53.2 Å². The van der Waals surface area contributed by atoms with Crippen molar-refractivity contribution in [1.29, 1.82) is 0 Å². The van der Waals surface area contributed by atoms with Crippen LogP contribution >= 0.6 is 0 Å². The number of carbonyl (C=O) groups excluding carboxylic acids is 1. The Hall–Kier alpha value is -2.26. The standard InChI is InChI=1S/C24H34N4O4/c1-19-5-2-3-6-20(19)16-28(9-8-27-10-13-30-14-11-27)17-23-26-22(18-32-23)24(29)25-15-21-7-4-12-31-21/h2-3,5-6,18,21H,4,7-17H2,1H3,(H,25,29). The third-order valence-corrected chi connectivity index (χ3v) is 6.15. The van der Waals surface area contributed by atoms with Crippen molar-refractivity contribution in [1.82, 2.24) is 20.1 Å². The van der Waals surface area contributed by atoms with E-state index in [-0.39, 0.29) is 12.0 Å². The lowest BCUT2D eigenvalue weighted by Crippen LogP contribution is -2.41. The van der Waals surface area contributed by atoms with Gasteiger partial charge in [-0.15, -0.1) is 0 Å². The summed E-state index contributed by atoms with van der Waals surface area (Å²) in [5.74, 6) is 0.345. The van der Waals surface area contributed by atoms with Gasteiger partial charge in [0.15, 0.2) is 5.69 Å². The van der Waals surface area contributed by atoms with E-state index in [1.807, 2.05) is 0 Å². The van der Waals surface area contributed by atoms with E-state index < -0.39 is 0 Å². The second-order valence-corrected chi connectivity index (χ2v) is 8.56.